The smallest absolute Gasteiger partial charge is 0.335 e. The van der Waals surface area contributed by atoms with Crippen LogP contribution in [-0.2, 0) is 76.3 Å². The van der Waals surface area contributed by atoms with Crippen molar-refractivity contribution in [2.45, 2.75) is 204 Å². The summed E-state index contributed by atoms with van der Waals surface area (Å²) in [5.41, 5.74) is 5.54. The van der Waals surface area contributed by atoms with Gasteiger partial charge in [-0.3, -0.25) is 38.4 Å². The van der Waals surface area contributed by atoms with E-state index in [2.05, 4.69) is 42.5 Å². The van der Waals surface area contributed by atoms with Crippen molar-refractivity contribution in [1.29, 1.82) is 0 Å². The fourth-order valence-corrected chi connectivity index (χ4v) is 11.1. The summed E-state index contributed by atoms with van der Waals surface area (Å²) in [6.45, 7) is -1.26. The Morgan fingerprint density at radius 1 is 0.337 bits per heavy atom. The molecule has 6 aliphatic rings. The predicted octanol–water partition coefficient (Wildman–Crippen LogP) is -17.2. The van der Waals surface area contributed by atoms with Gasteiger partial charge in [-0.1, -0.05) is 0 Å². The number of rotatable bonds is 21. The topological polar surface area (TPSA) is 644 Å². The van der Waals surface area contributed by atoms with Crippen LogP contribution in [0.15, 0.2) is 0 Å². The van der Waals surface area contributed by atoms with Gasteiger partial charge in [0, 0.05) is 67.1 Å². The van der Waals surface area contributed by atoms with Gasteiger partial charge < -0.3 is 158 Å². The first kappa shape index (κ1) is 72.4. The molecule has 40 nitrogen and oxygen atoms in total. The van der Waals surface area contributed by atoms with Gasteiger partial charge in [-0.2, -0.15) is 0 Å². The molecule has 25 N–H and O–H groups in total. The Morgan fingerprint density at radius 3 is 0.888 bits per heavy atom. The van der Waals surface area contributed by atoms with E-state index in [1.807, 2.05) is 0 Å². The average Bonchev–Trinajstić information content (AvgIpc) is 3.13. The third-order valence-electron chi connectivity index (χ3n) is 15.9. The summed E-state index contributed by atoms with van der Waals surface area (Å²) in [6.07, 6.45) is -50.5. The maximum atomic E-state index is 14.0. The van der Waals surface area contributed by atoms with E-state index >= 15 is 0 Å². The lowest BCUT2D eigenvalue weighted by Crippen LogP contribution is -2.69. The number of aliphatic hydroxyl groups excluding tert-OH is 14. The molecular weight excluding hydrogens is 1210 g/mol. The first-order chi connectivity index (χ1) is 41.8. The van der Waals surface area contributed by atoms with E-state index in [4.69, 9.17) is 38.9 Å². The molecule has 0 saturated carbocycles. The maximum absolute atomic E-state index is 14.0. The molecule has 6 fully saturated rings. The van der Waals surface area contributed by atoms with Crippen molar-refractivity contribution in [1.82, 2.24) is 42.5 Å². The molecule has 0 aliphatic carbocycles. The number of carboxylic acids is 1. The zero-order chi connectivity index (χ0) is 66.4. The van der Waals surface area contributed by atoms with E-state index in [0.29, 0.717) is 0 Å². The molecule has 0 aromatic heterocycles. The number of methoxy groups -OCH3 is 1. The highest BCUT2D eigenvalue weighted by molar-refractivity contribution is 5.86. The van der Waals surface area contributed by atoms with E-state index in [9.17, 15) is 120 Å². The number of nitrogens with one attached hydrogen (secondary N) is 8. The van der Waals surface area contributed by atoms with Crippen LogP contribution >= 0.6 is 0 Å². The highest BCUT2D eigenvalue weighted by atomic mass is 16.6. The SMILES string of the molecule is COC1C(O)[C@@H](CNC(=O)[C@@H]2O[C@H](CNC(=O)[C@@H]3O[C@H](CNC(=O)[C@@H]4O[C@H](CNC(=O)[C@@H]5O[C@H](CN)C(O)C(O)C5O)C(O)C(O)C4NC(C)=O)C(O)C(O)C3O)C(O)C(O)C2NC(C)=O)O[C@@H](C(=O)NC[C@H]2OC(C(=O)O)C(NC(C)=O)C(O)C2O)C1O. The number of carbonyl (C=O) groups excluding carboxylic acids is 8. The molecule has 6 rings (SSSR count). The van der Waals surface area contributed by atoms with Crippen LogP contribution in [0.5, 0.6) is 0 Å². The number of hydrogen-bond acceptors (Lipinski definition) is 31. The van der Waals surface area contributed by atoms with Crippen LogP contribution in [-0.4, -0.2) is 359 Å². The van der Waals surface area contributed by atoms with Gasteiger partial charge in [0.05, 0.1) is 24.2 Å². The molecule has 30 atom stereocenters. The molecule has 40 heteroatoms. The van der Waals surface area contributed by atoms with Gasteiger partial charge in [-0.05, 0) is 0 Å². The average molecular weight is 1290 g/mol. The normalized spacial score (nSPS) is 42.4. The van der Waals surface area contributed by atoms with Gasteiger partial charge in [0.15, 0.2) is 36.6 Å². The van der Waals surface area contributed by atoms with Gasteiger partial charge in [0.1, 0.15) is 122 Å². The van der Waals surface area contributed by atoms with E-state index in [-0.39, 0.29) is 6.54 Å². The highest BCUT2D eigenvalue weighted by Gasteiger charge is 2.55. The first-order valence-electron chi connectivity index (χ1n) is 27.9. The van der Waals surface area contributed by atoms with E-state index in [1.54, 1.807) is 0 Å². The zero-order valence-corrected chi connectivity index (χ0v) is 47.9. The zero-order valence-electron chi connectivity index (χ0n) is 47.9. The predicted molar refractivity (Wildman–Crippen MR) is 281 cm³/mol. The van der Waals surface area contributed by atoms with Crippen molar-refractivity contribution in [3.63, 3.8) is 0 Å². The lowest BCUT2D eigenvalue weighted by molar-refractivity contribution is -0.226. The van der Waals surface area contributed by atoms with Crippen molar-refractivity contribution in [3.8, 4) is 0 Å². The van der Waals surface area contributed by atoms with E-state index in [0.717, 1.165) is 27.9 Å². The molecule has 6 heterocycles. The minimum Gasteiger partial charge on any atom is -0.479 e. The fraction of sp³-hybridized carbons (Fsp3) is 0.816. The Bertz CT molecular complexity index is 2510. The van der Waals surface area contributed by atoms with Crippen molar-refractivity contribution >= 4 is 53.2 Å². The van der Waals surface area contributed by atoms with E-state index < -0.39 is 269 Å². The van der Waals surface area contributed by atoms with Gasteiger partial charge in [0.25, 0.3) is 29.5 Å². The molecule has 0 aromatic rings. The highest BCUT2D eigenvalue weighted by Crippen LogP contribution is 2.29. The third-order valence-corrected chi connectivity index (χ3v) is 15.9. The third kappa shape index (κ3) is 16.5. The minimum atomic E-state index is -2.22. The summed E-state index contributed by atoms with van der Waals surface area (Å²) < 4.78 is 38.7. The summed E-state index contributed by atoms with van der Waals surface area (Å²) in [5.74, 6) is -10.1. The quantitative estimate of drug-likeness (QED) is 0.0507. The molecule has 0 spiro atoms. The van der Waals surface area contributed by atoms with Crippen molar-refractivity contribution in [2.75, 3.05) is 46.4 Å². The van der Waals surface area contributed by atoms with Crippen LogP contribution in [0.25, 0.3) is 0 Å². The maximum Gasteiger partial charge on any atom is 0.335 e. The monoisotopic (exact) mass is 1290 g/mol. The number of ether oxygens (including phenoxy) is 7. The number of carboxylic acid groups (broad SMARTS) is 1. The summed E-state index contributed by atoms with van der Waals surface area (Å²) in [6, 6.07) is -5.06. The number of amides is 8. The first-order valence-corrected chi connectivity index (χ1v) is 27.9. The Kier molecular flexibility index (Phi) is 25.3. The Hall–Kier alpha value is -5.65. The van der Waals surface area contributed by atoms with Crippen molar-refractivity contribution in [2.24, 2.45) is 5.73 Å². The molecule has 6 saturated heterocycles. The number of carbonyl (C=O) groups is 9. The van der Waals surface area contributed by atoms with Crippen LogP contribution in [0.3, 0.4) is 0 Å². The molecule has 506 valence electrons. The van der Waals surface area contributed by atoms with Gasteiger partial charge in [0.2, 0.25) is 17.7 Å². The molecule has 19 unspecified atom stereocenters. The molecule has 8 amide bonds. The summed E-state index contributed by atoms with van der Waals surface area (Å²) in [5, 5.41) is 179. The van der Waals surface area contributed by atoms with Crippen molar-refractivity contribution in [3.05, 3.63) is 0 Å². The van der Waals surface area contributed by atoms with Gasteiger partial charge in [-0.25, -0.2) is 4.79 Å². The van der Waals surface area contributed by atoms with Crippen LogP contribution in [0, 0.1) is 0 Å². The summed E-state index contributed by atoms with van der Waals surface area (Å²) in [7, 11) is 1.04. The fourth-order valence-electron chi connectivity index (χ4n) is 11.1. The second kappa shape index (κ2) is 31.1. The Labute approximate surface area is 503 Å². The molecule has 0 bridgehead atoms. The number of aliphatic hydroxyl groups is 14. The number of aliphatic carboxylic acids is 1. The molecular formula is C49H79N9O31. The largest absolute Gasteiger partial charge is 0.479 e. The Balaban J connectivity index is 1.07. The van der Waals surface area contributed by atoms with Crippen LogP contribution < -0.4 is 48.3 Å². The van der Waals surface area contributed by atoms with Crippen molar-refractivity contribution < 1.29 is 153 Å². The molecule has 89 heavy (non-hydrogen) atoms. The Morgan fingerprint density at radius 2 is 0.584 bits per heavy atom. The molecule has 0 aromatic carbocycles. The standard InChI is InChI=1S/C49H79N9O31/c1-11(59)56-20-29(68)24(63)15(6-53-46(78)41-34(73)32(71)23(62)14(5-50)84-41)85-37(20)44(76)51-9-18-27(66)33(72)35(74)42(88-18)47(79)54-7-16-25(64)30(69)21(57-12(2)60)38(86-16)45(77)52-10-19-28(67)40(83-4)36(75)43(89-19)48(80)55-8-17-26(65)31(70)22(58-13(3)61)39(87-17)49(81)82/h14-43,62-75H,5-10,50H2,1-4H3,(H,51,76)(H,52,77)(H,53,78)(H,54,79)(H,55,80)(H,56,59)(H,57,60)(H,58,61)(H,81,82)/t14-,15-,16-,17-,18-,19-,20?,21?,22?,23?,24?,25?,26?,27?,28?,29?,30?,31?,32?,33?,34?,35?,36?,37-,38-,39?,40?,41-,42-,43-/m1/s1. The van der Waals surface area contributed by atoms with E-state index in [1.165, 1.54) is 0 Å². The lowest BCUT2D eigenvalue weighted by Gasteiger charge is -2.44. The van der Waals surface area contributed by atoms with Gasteiger partial charge in [-0.15, -0.1) is 0 Å². The summed E-state index contributed by atoms with van der Waals surface area (Å²) in [4.78, 5) is 116. The number of nitrogens with two attached hydrogens (primary N) is 1. The van der Waals surface area contributed by atoms with Crippen LogP contribution in [0.2, 0.25) is 0 Å². The molecule has 6 aliphatic heterocycles. The van der Waals surface area contributed by atoms with Crippen LogP contribution in [0.4, 0.5) is 0 Å². The molecule has 0 radical (unpaired) electrons. The minimum absolute atomic E-state index is 0.376. The van der Waals surface area contributed by atoms with Gasteiger partial charge >= 0.3 is 5.97 Å². The lowest BCUT2D eigenvalue weighted by atomic mass is 9.91. The summed E-state index contributed by atoms with van der Waals surface area (Å²) >= 11 is 0. The second-order valence-electron chi connectivity index (χ2n) is 22.1. The second-order valence-corrected chi connectivity index (χ2v) is 22.1. The van der Waals surface area contributed by atoms with Crippen LogP contribution in [0.1, 0.15) is 20.8 Å². The number of hydrogen-bond donors (Lipinski definition) is 24.